The highest BCUT2D eigenvalue weighted by molar-refractivity contribution is 5.69. The zero-order valence-electron chi connectivity index (χ0n) is 16.1. The van der Waals surface area contributed by atoms with E-state index in [2.05, 4.69) is 0 Å². The zero-order chi connectivity index (χ0) is 22.3. The smallest absolute Gasteiger partial charge is 0.229 e. The van der Waals surface area contributed by atoms with Crippen LogP contribution in [0.3, 0.4) is 0 Å². The summed E-state index contributed by atoms with van der Waals surface area (Å²) in [7, 11) is 0. The van der Waals surface area contributed by atoms with E-state index in [-0.39, 0.29) is 28.7 Å². The van der Waals surface area contributed by atoms with E-state index < -0.39 is 43.4 Å². The SMILES string of the molecule is OCC1OC(Oc2cc(O)cc3c2C=CC(c2ccc(O)c(O)c2)O3)C(O)C(O)C1O. The number of fused-ring (bicyclic) bond motifs is 1. The van der Waals surface area contributed by atoms with Gasteiger partial charge in [-0.25, -0.2) is 0 Å². The molecule has 1 saturated heterocycles. The van der Waals surface area contributed by atoms with Gasteiger partial charge in [0.2, 0.25) is 6.29 Å². The standard InChI is InChI=1S/C21H22O10/c22-8-17-18(26)19(27)20(28)21(31-17)30-16-7-10(23)6-15-11(16)2-4-14(29-15)9-1-3-12(24)13(25)5-9/h1-7,14,17-28H,8H2. The van der Waals surface area contributed by atoms with Crippen molar-refractivity contribution in [2.75, 3.05) is 6.61 Å². The number of aliphatic hydroxyl groups excluding tert-OH is 4. The molecule has 0 radical (unpaired) electrons. The lowest BCUT2D eigenvalue weighted by Gasteiger charge is -2.39. The number of aromatic hydroxyl groups is 3. The third-order valence-corrected chi connectivity index (χ3v) is 5.20. The molecule has 0 spiro atoms. The Balaban J connectivity index is 1.60. The molecular weight excluding hydrogens is 412 g/mol. The van der Waals surface area contributed by atoms with E-state index in [1.54, 1.807) is 18.2 Å². The normalized spacial score (nSPS) is 29.8. The number of phenols is 3. The van der Waals surface area contributed by atoms with E-state index in [0.717, 1.165) is 0 Å². The van der Waals surface area contributed by atoms with E-state index in [9.17, 15) is 35.7 Å². The van der Waals surface area contributed by atoms with Crippen LogP contribution in [0, 0.1) is 0 Å². The van der Waals surface area contributed by atoms with Gasteiger partial charge in [-0.1, -0.05) is 6.07 Å². The highest BCUT2D eigenvalue weighted by Crippen LogP contribution is 2.42. The van der Waals surface area contributed by atoms with Crippen LogP contribution in [0.5, 0.6) is 28.7 Å². The molecule has 31 heavy (non-hydrogen) atoms. The topological polar surface area (TPSA) is 169 Å². The number of rotatable bonds is 4. The van der Waals surface area contributed by atoms with Crippen molar-refractivity contribution in [3.8, 4) is 28.7 Å². The first kappa shape index (κ1) is 21.2. The minimum absolute atomic E-state index is 0.0718. The minimum atomic E-state index is -1.61. The van der Waals surface area contributed by atoms with Crippen LogP contribution in [-0.4, -0.2) is 73.1 Å². The first-order valence-corrected chi connectivity index (χ1v) is 9.49. The summed E-state index contributed by atoms with van der Waals surface area (Å²) in [6.07, 6.45) is -4.64. The molecule has 10 nitrogen and oxygen atoms in total. The molecule has 0 amide bonds. The van der Waals surface area contributed by atoms with Gasteiger partial charge in [-0.3, -0.25) is 0 Å². The lowest BCUT2D eigenvalue weighted by Crippen LogP contribution is -2.60. The van der Waals surface area contributed by atoms with Crippen LogP contribution in [0.1, 0.15) is 17.2 Å². The van der Waals surface area contributed by atoms with E-state index in [4.69, 9.17) is 14.2 Å². The Morgan fingerprint density at radius 2 is 1.68 bits per heavy atom. The van der Waals surface area contributed by atoms with Gasteiger partial charge in [0.15, 0.2) is 11.5 Å². The summed E-state index contributed by atoms with van der Waals surface area (Å²) in [4.78, 5) is 0. The molecule has 7 N–H and O–H groups in total. The van der Waals surface area contributed by atoms with Crippen LogP contribution in [0.4, 0.5) is 0 Å². The van der Waals surface area contributed by atoms with Crippen molar-refractivity contribution < 1.29 is 50.0 Å². The number of phenolic OH excluding ortho intramolecular Hbond substituents is 3. The van der Waals surface area contributed by atoms with Gasteiger partial charge in [0.1, 0.15) is 47.8 Å². The molecular formula is C21H22O10. The van der Waals surface area contributed by atoms with Crippen LogP contribution < -0.4 is 9.47 Å². The second-order valence-electron chi connectivity index (χ2n) is 7.32. The molecule has 2 aliphatic heterocycles. The second kappa shape index (κ2) is 8.25. The summed E-state index contributed by atoms with van der Waals surface area (Å²) in [6.45, 7) is -0.604. The van der Waals surface area contributed by atoms with Gasteiger partial charge in [0.05, 0.1) is 12.2 Å². The molecule has 166 valence electrons. The number of hydrogen-bond donors (Lipinski definition) is 7. The number of aliphatic hydroxyl groups is 4. The monoisotopic (exact) mass is 434 g/mol. The summed E-state index contributed by atoms with van der Waals surface area (Å²) in [6, 6.07) is 6.87. The summed E-state index contributed by atoms with van der Waals surface area (Å²) >= 11 is 0. The lowest BCUT2D eigenvalue weighted by atomic mass is 9.99. The Morgan fingerprint density at radius 3 is 2.39 bits per heavy atom. The van der Waals surface area contributed by atoms with Crippen LogP contribution in [0.25, 0.3) is 6.08 Å². The molecule has 1 fully saturated rings. The van der Waals surface area contributed by atoms with Crippen LogP contribution in [0.15, 0.2) is 36.4 Å². The Hall–Kier alpha value is -3.02. The maximum atomic E-state index is 10.2. The second-order valence-corrected chi connectivity index (χ2v) is 7.32. The van der Waals surface area contributed by atoms with Crippen LogP contribution in [0.2, 0.25) is 0 Å². The molecule has 2 aromatic rings. The molecule has 4 rings (SSSR count). The fraction of sp³-hybridized carbons (Fsp3) is 0.333. The van der Waals surface area contributed by atoms with Gasteiger partial charge < -0.3 is 50.0 Å². The number of ether oxygens (including phenoxy) is 3. The van der Waals surface area contributed by atoms with Gasteiger partial charge in [-0.15, -0.1) is 0 Å². The number of benzene rings is 2. The quantitative estimate of drug-likeness (QED) is 0.328. The van der Waals surface area contributed by atoms with Crippen molar-refractivity contribution in [3.05, 3.63) is 47.5 Å². The van der Waals surface area contributed by atoms with Crippen molar-refractivity contribution in [1.82, 2.24) is 0 Å². The summed E-state index contributed by atoms with van der Waals surface area (Å²) < 4.78 is 16.9. The van der Waals surface area contributed by atoms with Crippen molar-refractivity contribution in [3.63, 3.8) is 0 Å². The van der Waals surface area contributed by atoms with E-state index in [1.807, 2.05) is 0 Å². The molecule has 10 heteroatoms. The van der Waals surface area contributed by atoms with Crippen molar-refractivity contribution in [1.29, 1.82) is 0 Å². The Kier molecular flexibility index (Phi) is 5.65. The summed E-state index contributed by atoms with van der Waals surface area (Å²) in [5, 5.41) is 68.7. The van der Waals surface area contributed by atoms with Gasteiger partial charge in [-0.05, 0) is 24.3 Å². The Bertz CT molecular complexity index is 988. The van der Waals surface area contributed by atoms with E-state index >= 15 is 0 Å². The van der Waals surface area contributed by atoms with E-state index in [1.165, 1.54) is 24.3 Å². The molecule has 6 atom stereocenters. The zero-order valence-corrected chi connectivity index (χ0v) is 16.1. The fourth-order valence-corrected chi connectivity index (χ4v) is 3.49. The average molecular weight is 434 g/mol. The van der Waals surface area contributed by atoms with Gasteiger partial charge in [0.25, 0.3) is 0 Å². The first-order chi connectivity index (χ1) is 14.8. The maximum absolute atomic E-state index is 10.2. The molecule has 2 aliphatic rings. The predicted octanol–water partition coefficient (Wildman–Crippen LogP) is 0.129. The molecule has 2 heterocycles. The van der Waals surface area contributed by atoms with Crippen molar-refractivity contribution in [2.45, 2.75) is 36.8 Å². The molecule has 0 aromatic heterocycles. The average Bonchev–Trinajstić information content (AvgIpc) is 2.75. The lowest BCUT2D eigenvalue weighted by molar-refractivity contribution is -0.277. The molecule has 0 bridgehead atoms. The fourth-order valence-electron chi connectivity index (χ4n) is 3.49. The first-order valence-electron chi connectivity index (χ1n) is 9.49. The highest BCUT2D eigenvalue weighted by Gasteiger charge is 2.45. The molecule has 2 aromatic carbocycles. The van der Waals surface area contributed by atoms with Gasteiger partial charge in [0, 0.05) is 17.7 Å². The Labute approximate surface area is 176 Å². The van der Waals surface area contributed by atoms with Crippen molar-refractivity contribution in [2.24, 2.45) is 0 Å². The summed E-state index contributed by atoms with van der Waals surface area (Å²) in [5.41, 5.74) is 0.964. The molecule has 0 aliphatic carbocycles. The molecule has 0 saturated carbocycles. The molecule has 6 unspecified atom stereocenters. The van der Waals surface area contributed by atoms with Crippen molar-refractivity contribution >= 4 is 6.08 Å². The largest absolute Gasteiger partial charge is 0.508 e. The third kappa shape index (κ3) is 3.99. The third-order valence-electron chi connectivity index (χ3n) is 5.20. The number of hydrogen-bond acceptors (Lipinski definition) is 10. The predicted molar refractivity (Wildman–Crippen MR) is 105 cm³/mol. The van der Waals surface area contributed by atoms with Crippen LogP contribution >= 0.6 is 0 Å². The maximum Gasteiger partial charge on any atom is 0.229 e. The summed E-state index contributed by atoms with van der Waals surface area (Å²) in [5.74, 6) is -0.470. The minimum Gasteiger partial charge on any atom is -0.508 e. The van der Waals surface area contributed by atoms with E-state index in [0.29, 0.717) is 11.1 Å². The van der Waals surface area contributed by atoms with Gasteiger partial charge >= 0.3 is 0 Å². The highest BCUT2D eigenvalue weighted by atomic mass is 16.7. The van der Waals surface area contributed by atoms with Gasteiger partial charge in [-0.2, -0.15) is 0 Å². The Morgan fingerprint density at radius 1 is 0.903 bits per heavy atom. The van der Waals surface area contributed by atoms with Crippen LogP contribution in [-0.2, 0) is 4.74 Å².